The molecule has 0 aliphatic carbocycles. The minimum absolute atomic E-state index is 0.125. The van der Waals surface area contributed by atoms with E-state index in [9.17, 15) is 9.59 Å². The molecule has 0 unspecified atom stereocenters. The van der Waals surface area contributed by atoms with Crippen molar-refractivity contribution in [3.63, 3.8) is 0 Å². The third-order valence-electron chi connectivity index (χ3n) is 6.43. The number of nitrogens with one attached hydrogen (secondary N) is 2. The molecule has 1 fully saturated rings. The molecule has 190 valence electrons. The van der Waals surface area contributed by atoms with Crippen LogP contribution in [0.3, 0.4) is 0 Å². The zero-order valence-electron chi connectivity index (χ0n) is 21.3. The first-order valence-electron chi connectivity index (χ1n) is 11.9. The van der Waals surface area contributed by atoms with E-state index in [0.717, 1.165) is 25.9 Å². The molecule has 2 aromatic heterocycles. The number of aryl methyl sites for hydroxylation is 1. The zero-order valence-corrected chi connectivity index (χ0v) is 21.3. The summed E-state index contributed by atoms with van der Waals surface area (Å²) < 4.78 is 12.4. The number of hydrogen-bond donors (Lipinski definition) is 2. The molecule has 3 heterocycles. The number of piperidine rings is 1. The van der Waals surface area contributed by atoms with Gasteiger partial charge < -0.3 is 29.6 Å². The summed E-state index contributed by atoms with van der Waals surface area (Å²) in [7, 11) is 6.75. The SMILES string of the molecule is C/C=C/c1c(OC)c(=O)n(C)c2cnc(Nc3ccc(C(=O)NC4CCN(C)CC4)cc3OC)nc12. The minimum atomic E-state index is -0.266. The van der Waals surface area contributed by atoms with Crippen LogP contribution in [0, 0.1) is 0 Å². The number of aromatic nitrogens is 3. The number of ether oxygens (including phenoxy) is 2. The number of hydrogen-bond acceptors (Lipinski definition) is 8. The van der Waals surface area contributed by atoms with E-state index in [1.807, 2.05) is 13.0 Å². The van der Waals surface area contributed by atoms with Crippen molar-refractivity contribution in [1.82, 2.24) is 24.8 Å². The number of fused-ring (bicyclic) bond motifs is 1. The van der Waals surface area contributed by atoms with Crippen molar-refractivity contribution in [3.8, 4) is 11.5 Å². The number of carbonyl (C=O) groups is 1. The van der Waals surface area contributed by atoms with Crippen LogP contribution in [0.5, 0.6) is 11.5 Å². The molecule has 0 atom stereocenters. The molecule has 1 aliphatic heterocycles. The van der Waals surface area contributed by atoms with Crippen molar-refractivity contribution in [2.75, 3.05) is 39.7 Å². The fraction of sp³-hybridized carbons (Fsp3) is 0.385. The lowest BCUT2D eigenvalue weighted by Gasteiger charge is -2.29. The number of rotatable bonds is 7. The first kappa shape index (κ1) is 25.2. The summed E-state index contributed by atoms with van der Waals surface area (Å²) in [5.74, 6) is 0.892. The molecule has 0 bridgehead atoms. The summed E-state index contributed by atoms with van der Waals surface area (Å²) in [6.07, 6.45) is 7.07. The Morgan fingerprint density at radius 3 is 2.58 bits per heavy atom. The Bertz CT molecular complexity index is 1360. The normalized spacial score (nSPS) is 14.8. The summed E-state index contributed by atoms with van der Waals surface area (Å²) in [5, 5.41) is 6.29. The van der Waals surface area contributed by atoms with Crippen LogP contribution in [0.1, 0.15) is 35.7 Å². The highest BCUT2D eigenvalue weighted by Crippen LogP contribution is 2.30. The molecule has 3 aromatic rings. The number of likely N-dealkylation sites (tertiary alicyclic amines) is 1. The van der Waals surface area contributed by atoms with Gasteiger partial charge in [-0.1, -0.05) is 12.2 Å². The minimum Gasteiger partial charge on any atom is -0.495 e. The number of pyridine rings is 1. The number of amides is 1. The first-order chi connectivity index (χ1) is 17.4. The highest BCUT2D eigenvalue weighted by atomic mass is 16.5. The van der Waals surface area contributed by atoms with Crippen LogP contribution in [0.2, 0.25) is 0 Å². The first-order valence-corrected chi connectivity index (χ1v) is 11.9. The fourth-order valence-electron chi connectivity index (χ4n) is 4.36. The van der Waals surface area contributed by atoms with Gasteiger partial charge in [0.2, 0.25) is 5.95 Å². The van der Waals surface area contributed by atoms with E-state index in [-0.39, 0.29) is 23.3 Å². The number of carbonyl (C=O) groups excluding carboxylic acids is 1. The van der Waals surface area contributed by atoms with Gasteiger partial charge in [0.15, 0.2) is 5.75 Å². The molecule has 0 radical (unpaired) electrons. The Morgan fingerprint density at radius 1 is 1.17 bits per heavy atom. The molecular formula is C26H32N6O4. The summed E-state index contributed by atoms with van der Waals surface area (Å²) >= 11 is 0. The van der Waals surface area contributed by atoms with Gasteiger partial charge in [0.1, 0.15) is 11.3 Å². The standard InChI is InChI=1S/C26H32N6O4/c1-6-7-18-22-20(32(3)25(34)23(18)36-5)15-27-26(30-22)29-19-9-8-16(14-21(19)35-4)24(33)28-17-10-12-31(2)13-11-17/h6-9,14-15,17H,10-13H2,1-5H3,(H,28,33)(H,27,29,30)/b7-6+. The number of benzene rings is 1. The molecule has 36 heavy (non-hydrogen) atoms. The van der Waals surface area contributed by atoms with Gasteiger partial charge in [0.25, 0.3) is 11.5 Å². The van der Waals surface area contributed by atoms with E-state index in [1.165, 1.54) is 11.7 Å². The van der Waals surface area contributed by atoms with Gasteiger partial charge in [0.05, 0.1) is 37.2 Å². The van der Waals surface area contributed by atoms with E-state index < -0.39 is 0 Å². The monoisotopic (exact) mass is 492 g/mol. The Kier molecular flexibility index (Phi) is 7.54. The van der Waals surface area contributed by atoms with Crippen molar-refractivity contribution in [2.45, 2.75) is 25.8 Å². The van der Waals surface area contributed by atoms with E-state index in [1.54, 1.807) is 44.6 Å². The number of nitrogens with zero attached hydrogens (tertiary/aromatic N) is 4. The molecule has 1 amide bonds. The average Bonchev–Trinajstić information content (AvgIpc) is 2.89. The molecule has 4 rings (SSSR count). The lowest BCUT2D eigenvalue weighted by Crippen LogP contribution is -2.43. The van der Waals surface area contributed by atoms with Gasteiger partial charge in [-0.2, -0.15) is 0 Å². The Labute approximate surface area is 209 Å². The van der Waals surface area contributed by atoms with Crippen LogP contribution >= 0.6 is 0 Å². The highest BCUT2D eigenvalue weighted by molar-refractivity contribution is 5.95. The molecule has 1 aliphatic rings. The van der Waals surface area contributed by atoms with Crippen LogP contribution < -0.4 is 25.7 Å². The van der Waals surface area contributed by atoms with Gasteiger partial charge in [-0.15, -0.1) is 0 Å². The van der Waals surface area contributed by atoms with Crippen LogP contribution in [0.25, 0.3) is 17.1 Å². The van der Waals surface area contributed by atoms with Crippen LogP contribution in [0.4, 0.5) is 11.6 Å². The summed E-state index contributed by atoms with van der Waals surface area (Å²) in [5.41, 5.74) is 2.59. The topological polar surface area (TPSA) is 111 Å². The maximum absolute atomic E-state index is 12.8. The number of methoxy groups -OCH3 is 2. The van der Waals surface area contributed by atoms with E-state index in [4.69, 9.17) is 9.47 Å². The summed E-state index contributed by atoms with van der Waals surface area (Å²) in [6.45, 7) is 3.80. The quantitative estimate of drug-likeness (QED) is 0.518. The molecular weight excluding hydrogens is 460 g/mol. The third-order valence-corrected chi connectivity index (χ3v) is 6.43. The molecule has 0 spiro atoms. The van der Waals surface area contributed by atoms with Gasteiger partial charge >= 0.3 is 0 Å². The van der Waals surface area contributed by atoms with Gasteiger partial charge in [-0.25, -0.2) is 9.97 Å². The zero-order chi connectivity index (χ0) is 25.8. The van der Waals surface area contributed by atoms with Crippen molar-refractivity contribution in [1.29, 1.82) is 0 Å². The maximum atomic E-state index is 12.8. The smallest absolute Gasteiger partial charge is 0.293 e. The van der Waals surface area contributed by atoms with Crippen molar-refractivity contribution >= 4 is 34.7 Å². The fourth-order valence-corrected chi connectivity index (χ4v) is 4.36. The van der Waals surface area contributed by atoms with Crippen molar-refractivity contribution in [2.24, 2.45) is 7.05 Å². The number of allylic oxidation sites excluding steroid dienone is 1. The van der Waals surface area contributed by atoms with Crippen LogP contribution in [0.15, 0.2) is 35.3 Å². The average molecular weight is 493 g/mol. The van der Waals surface area contributed by atoms with Crippen LogP contribution in [-0.4, -0.2) is 65.7 Å². The maximum Gasteiger partial charge on any atom is 0.293 e. The Hall–Kier alpha value is -3.92. The van der Waals surface area contributed by atoms with E-state index in [0.29, 0.717) is 39.5 Å². The van der Waals surface area contributed by atoms with Gasteiger partial charge in [-0.05, 0) is 58.1 Å². The highest BCUT2D eigenvalue weighted by Gasteiger charge is 2.20. The van der Waals surface area contributed by atoms with E-state index in [2.05, 4.69) is 32.5 Å². The Morgan fingerprint density at radius 2 is 1.92 bits per heavy atom. The molecule has 2 N–H and O–H groups in total. The molecule has 10 nitrogen and oxygen atoms in total. The second-order valence-electron chi connectivity index (χ2n) is 8.83. The van der Waals surface area contributed by atoms with Crippen molar-refractivity contribution < 1.29 is 14.3 Å². The largest absolute Gasteiger partial charge is 0.495 e. The molecule has 10 heteroatoms. The number of anilines is 2. The van der Waals surface area contributed by atoms with Gasteiger partial charge in [-0.3, -0.25) is 9.59 Å². The predicted octanol–water partition coefficient (Wildman–Crippen LogP) is 2.95. The lowest BCUT2D eigenvalue weighted by atomic mass is 10.0. The second-order valence-corrected chi connectivity index (χ2v) is 8.83. The predicted molar refractivity (Wildman–Crippen MR) is 140 cm³/mol. The summed E-state index contributed by atoms with van der Waals surface area (Å²) in [4.78, 5) is 36.8. The van der Waals surface area contributed by atoms with Crippen molar-refractivity contribution in [3.05, 3.63) is 52.0 Å². The third kappa shape index (κ3) is 5.03. The van der Waals surface area contributed by atoms with Crippen LogP contribution in [-0.2, 0) is 7.05 Å². The molecule has 1 aromatic carbocycles. The second kappa shape index (κ2) is 10.8. The van der Waals surface area contributed by atoms with E-state index >= 15 is 0 Å². The Balaban J connectivity index is 1.62. The molecule has 1 saturated heterocycles. The summed E-state index contributed by atoms with van der Waals surface area (Å²) in [6, 6.07) is 5.38. The molecule has 0 saturated carbocycles. The lowest BCUT2D eigenvalue weighted by molar-refractivity contribution is 0.0916. The van der Waals surface area contributed by atoms with Gasteiger partial charge in [0, 0.05) is 18.7 Å².